The van der Waals surface area contributed by atoms with Gasteiger partial charge in [-0.2, -0.15) is 0 Å². The first-order chi connectivity index (χ1) is 6.78. The standard InChI is InChI=1S/C8H9BrN4O/c1-6-10-8(5-14-6)4-13-3-7(2-9)11-12-13/h3,5H,2,4H2,1H3. The smallest absolute Gasteiger partial charge is 0.191 e. The highest BCUT2D eigenvalue weighted by Crippen LogP contribution is 2.04. The van der Waals surface area contributed by atoms with Gasteiger partial charge in [0.05, 0.1) is 12.2 Å². The monoisotopic (exact) mass is 256 g/mol. The van der Waals surface area contributed by atoms with Gasteiger partial charge in [-0.3, -0.25) is 0 Å². The Hall–Kier alpha value is -1.17. The Kier molecular flexibility index (Phi) is 2.62. The number of alkyl halides is 1. The van der Waals surface area contributed by atoms with Crippen molar-refractivity contribution in [3.8, 4) is 0 Å². The highest BCUT2D eigenvalue weighted by Gasteiger charge is 2.03. The van der Waals surface area contributed by atoms with E-state index in [9.17, 15) is 0 Å². The lowest BCUT2D eigenvalue weighted by Crippen LogP contribution is -2.00. The van der Waals surface area contributed by atoms with Crippen LogP contribution in [0, 0.1) is 6.92 Å². The first-order valence-electron chi connectivity index (χ1n) is 4.14. The van der Waals surface area contributed by atoms with Crippen molar-refractivity contribution in [2.75, 3.05) is 0 Å². The van der Waals surface area contributed by atoms with Gasteiger partial charge in [0, 0.05) is 18.5 Å². The third-order valence-corrected chi connectivity index (χ3v) is 2.29. The second-order valence-electron chi connectivity index (χ2n) is 2.90. The predicted octanol–water partition coefficient (Wildman–Crippen LogP) is 1.52. The van der Waals surface area contributed by atoms with Crippen LogP contribution < -0.4 is 0 Å². The van der Waals surface area contributed by atoms with Gasteiger partial charge >= 0.3 is 0 Å². The Morgan fingerprint density at radius 2 is 2.36 bits per heavy atom. The average Bonchev–Trinajstić information content (AvgIpc) is 2.76. The van der Waals surface area contributed by atoms with Gasteiger partial charge in [-0.05, 0) is 0 Å². The van der Waals surface area contributed by atoms with E-state index >= 15 is 0 Å². The SMILES string of the molecule is Cc1nc(Cn2cc(CBr)nn2)co1. The molecule has 0 amide bonds. The molecule has 0 atom stereocenters. The van der Waals surface area contributed by atoms with Gasteiger partial charge in [0.15, 0.2) is 5.89 Å². The normalized spacial score (nSPS) is 10.7. The van der Waals surface area contributed by atoms with E-state index in [1.807, 2.05) is 13.1 Å². The van der Waals surface area contributed by atoms with Crippen LogP contribution in [0.15, 0.2) is 16.9 Å². The second-order valence-corrected chi connectivity index (χ2v) is 3.46. The van der Waals surface area contributed by atoms with E-state index in [2.05, 4.69) is 31.2 Å². The van der Waals surface area contributed by atoms with Gasteiger partial charge in [-0.15, -0.1) is 5.10 Å². The van der Waals surface area contributed by atoms with Gasteiger partial charge in [0.2, 0.25) is 0 Å². The molecule has 14 heavy (non-hydrogen) atoms. The highest BCUT2D eigenvalue weighted by molar-refractivity contribution is 9.08. The van der Waals surface area contributed by atoms with E-state index in [0.717, 1.165) is 11.4 Å². The first-order valence-corrected chi connectivity index (χ1v) is 5.26. The number of aromatic nitrogens is 4. The molecule has 0 N–H and O–H groups in total. The molecule has 2 heterocycles. The molecule has 0 spiro atoms. The predicted molar refractivity (Wildman–Crippen MR) is 53.0 cm³/mol. The highest BCUT2D eigenvalue weighted by atomic mass is 79.9. The zero-order valence-electron chi connectivity index (χ0n) is 7.64. The molecule has 0 saturated carbocycles. The van der Waals surface area contributed by atoms with Gasteiger partial charge in [-0.1, -0.05) is 21.1 Å². The second kappa shape index (κ2) is 3.91. The average molecular weight is 257 g/mol. The van der Waals surface area contributed by atoms with Crippen LogP contribution in [-0.4, -0.2) is 20.0 Å². The van der Waals surface area contributed by atoms with Gasteiger partial charge in [0.25, 0.3) is 0 Å². The summed E-state index contributed by atoms with van der Waals surface area (Å²) in [6.07, 6.45) is 3.50. The number of hydrogen-bond donors (Lipinski definition) is 0. The molecule has 0 aliphatic carbocycles. The Labute approximate surface area is 89.3 Å². The van der Waals surface area contributed by atoms with Crippen molar-refractivity contribution in [2.24, 2.45) is 0 Å². The summed E-state index contributed by atoms with van der Waals surface area (Å²) < 4.78 is 6.82. The number of oxazole rings is 1. The Bertz CT molecular complexity index is 422. The molecule has 2 rings (SSSR count). The zero-order chi connectivity index (χ0) is 9.97. The van der Waals surface area contributed by atoms with Gasteiger partial charge in [-0.25, -0.2) is 9.67 Å². The summed E-state index contributed by atoms with van der Waals surface area (Å²) in [5, 5.41) is 8.61. The lowest BCUT2D eigenvalue weighted by atomic mass is 10.5. The molecule has 2 aromatic heterocycles. The zero-order valence-corrected chi connectivity index (χ0v) is 9.23. The number of nitrogens with zero attached hydrogens (tertiary/aromatic N) is 4. The maximum Gasteiger partial charge on any atom is 0.191 e. The van der Waals surface area contributed by atoms with Crippen molar-refractivity contribution in [3.63, 3.8) is 0 Å². The van der Waals surface area contributed by atoms with Crippen LogP contribution >= 0.6 is 15.9 Å². The summed E-state index contributed by atoms with van der Waals surface area (Å²) in [4.78, 5) is 4.17. The fourth-order valence-corrected chi connectivity index (χ4v) is 1.38. The van der Waals surface area contributed by atoms with Crippen molar-refractivity contribution in [1.82, 2.24) is 20.0 Å². The number of aryl methyl sites for hydroxylation is 1. The largest absolute Gasteiger partial charge is 0.449 e. The summed E-state index contributed by atoms with van der Waals surface area (Å²) >= 11 is 3.31. The van der Waals surface area contributed by atoms with Crippen LogP contribution in [0.3, 0.4) is 0 Å². The Morgan fingerprint density at radius 3 is 2.93 bits per heavy atom. The minimum absolute atomic E-state index is 0.595. The lowest BCUT2D eigenvalue weighted by Gasteiger charge is -1.92. The fraction of sp³-hybridized carbons (Fsp3) is 0.375. The van der Waals surface area contributed by atoms with Crippen LogP contribution in [0.25, 0.3) is 0 Å². The van der Waals surface area contributed by atoms with Crippen LogP contribution in [0.5, 0.6) is 0 Å². The fourth-order valence-electron chi connectivity index (χ4n) is 1.12. The van der Waals surface area contributed by atoms with Gasteiger partial charge in [0.1, 0.15) is 12.0 Å². The Morgan fingerprint density at radius 1 is 1.50 bits per heavy atom. The third kappa shape index (κ3) is 2.01. The molecule has 0 fully saturated rings. The summed E-state index contributed by atoms with van der Waals surface area (Å²) in [5.41, 5.74) is 1.76. The minimum atomic E-state index is 0.595. The third-order valence-electron chi connectivity index (χ3n) is 1.71. The van der Waals surface area contributed by atoms with E-state index < -0.39 is 0 Å². The quantitative estimate of drug-likeness (QED) is 0.782. The molecule has 6 heteroatoms. The maximum absolute atomic E-state index is 5.09. The number of hydrogen-bond acceptors (Lipinski definition) is 4. The number of halogens is 1. The molecule has 2 aromatic rings. The van der Waals surface area contributed by atoms with Crippen molar-refractivity contribution in [1.29, 1.82) is 0 Å². The van der Waals surface area contributed by atoms with E-state index in [1.165, 1.54) is 0 Å². The van der Waals surface area contributed by atoms with Gasteiger partial charge < -0.3 is 4.42 Å². The maximum atomic E-state index is 5.09. The molecular weight excluding hydrogens is 248 g/mol. The molecule has 0 aromatic carbocycles. The molecule has 0 saturated heterocycles. The van der Waals surface area contributed by atoms with E-state index in [1.54, 1.807) is 10.9 Å². The molecule has 74 valence electrons. The molecular formula is C8H9BrN4O. The molecule has 0 radical (unpaired) electrons. The summed E-state index contributed by atoms with van der Waals surface area (Å²) in [6.45, 7) is 2.41. The molecule has 0 aliphatic rings. The van der Waals surface area contributed by atoms with Crippen LogP contribution in [0.1, 0.15) is 17.3 Å². The number of rotatable bonds is 3. The lowest BCUT2D eigenvalue weighted by molar-refractivity contribution is 0.519. The first kappa shape index (κ1) is 9.39. The molecule has 0 aliphatic heterocycles. The minimum Gasteiger partial charge on any atom is -0.449 e. The summed E-state index contributed by atoms with van der Waals surface area (Å²) in [7, 11) is 0. The molecule has 5 nitrogen and oxygen atoms in total. The van der Waals surface area contributed by atoms with E-state index in [-0.39, 0.29) is 0 Å². The summed E-state index contributed by atoms with van der Waals surface area (Å²) in [5.74, 6) is 0.667. The summed E-state index contributed by atoms with van der Waals surface area (Å²) in [6, 6.07) is 0. The van der Waals surface area contributed by atoms with Crippen molar-refractivity contribution in [3.05, 3.63) is 29.7 Å². The van der Waals surface area contributed by atoms with Crippen molar-refractivity contribution < 1.29 is 4.42 Å². The van der Waals surface area contributed by atoms with E-state index in [0.29, 0.717) is 17.8 Å². The molecule has 0 bridgehead atoms. The van der Waals surface area contributed by atoms with Crippen molar-refractivity contribution in [2.45, 2.75) is 18.8 Å². The Balaban J connectivity index is 2.10. The van der Waals surface area contributed by atoms with Crippen LogP contribution in [0.2, 0.25) is 0 Å². The van der Waals surface area contributed by atoms with Crippen LogP contribution in [-0.2, 0) is 11.9 Å². The van der Waals surface area contributed by atoms with Crippen molar-refractivity contribution >= 4 is 15.9 Å². The van der Waals surface area contributed by atoms with Crippen LogP contribution in [0.4, 0.5) is 0 Å². The van der Waals surface area contributed by atoms with E-state index in [4.69, 9.17) is 4.42 Å². The molecule has 0 unspecified atom stereocenters. The topological polar surface area (TPSA) is 56.7 Å².